The molecule has 2 aliphatic rings. The van der Waals surface area contributed by atoms with Crippen LogP contribution in [0.5, 0.6) is 0 Å². The zero-order valence-electron chi connectivity index (χ0n) is 17.1. The minimum atomic E-state index is -0.0101. The number of amides is 1. The molecule has 1 fully saturated rings. The Kier molecular flexibility index (Phi) is 5.41. The topological polar surface area (TPSA) is 64.0 Å². The predicted molar refractivity (Wildman–Crippen MR) is 123 cm³/mol. The van der Waals surface area contributed by atoms with Crippen molar-refractivity contribution in [2.45, 2.75) is 50.6 Å². The maximum absolute atomic E-state index is 13.7. The van der Waals surface area contributed by atoms with Gasteiger partial charge in [0.1, 0.15) is 4.83 Å². The zero-order valence-corrected chi connectivity index (χ0v) is 18.7. The van der Waals surface area contributed by atoms with Crippen LogP contribution in [0.15, 0.2) is 34.2 Å². The number of thioether (sulfide) groups is 1. The van der Waals surface area contributed by atoms with E-state index in [2.05, 4.69) is 5.32 Å². The van der Waals surface area contributed by atoms with Crippen LogP contribution < -0.4 is 10.9 Å². The highest BCUT2D eigenvalue weighted by Gasteiger charge is 2.24. The van der Waals surface area contributed by atoms with E-state index in [0.717, 1.165) is 47.3 Å². The largest absolute Gasteiger partial charge is 0.355 e. The molecule has 1 aromatic carbocycles. The van der Waals surface area contributed by atoms with E-state index >= 15 is 0 Å². The van der Waals surface area contributed by atoms with Crippen molar-refractivity contribution in [3.63, 3.8) is 0 Å². The Balaban J connectivity index is 1.54. The fourth-order valence-corrected chi connectivity index (χ4v) is 6.11. The monoisotopic (exact) mass is 439 g/mol. The summed E-state index contributed by atoms with van der Waals surface area (Å²) in [7, 11) is 0. The number of benzene rings is 1. The van der Waals surface area contributed by atoms with Crippen LogP contribution in [-0.2, 0) is 17.6 Å². The molecular formula is C23H25N3O2S2. The first-order valence-corrected chi connectivity index (χ1v) is 12.4. The fraction of sp³-hybridized carbons (Fsp3) is 0.435. The van der Waals surface area contributed by atoms with Gasteiger partial charge in [0.05, 0.1) is 16.8 Å². The Morgan fingerprint density at radius 3 is 2.77 bits per heavy atom. The lowest BCUT2D eigenvalue weighted by Crippen LogP contribution is -2.28. The molecule has 0 spiro atoms. The number of nitrogens with one attached hydrogen (secondary N) is 1. The Hall–Kier alpha value is -2.12. The average Bonchev–Trinajstić information content (AvgIpc) is 3.50. The lowest BCUT2D eigenvalue weighted by molar-refractivity contribution is -0.118. The number of aryl methyl sites for hydroxylation is 3. The number of hydrogen-bond acceptors (Lipinski definition) is 5. The van der Waals surface area contributed by atoms with Gasteiger partial charge in [-0.25, -0.2) is 4.98 Å². The molecule has 0 aliphatic heterocycles. The molecule has 5 nitrogen and oxygen atoms in total. The molecule has 0 radical (unpaired) electrons. The second-order valence-electron chi connectivity index (χ2n) is 8.30. The molecule has 1 amide bonds. The minimum Gasteiger partial charge on any atom is -0.355 e. The predicted octanol–water partition coefficient (Wildman–Crippen LogP) is 4.25. The maximum atomic E-state index is 13.7. The first-order chi connectivity index (χ1) is 14.6. The van der Waals surface area contributed by atoms with Gasteiger partial charge < -0.3 is 5.32 Å². The fourth-order valence-electron chi connectivity index (χ4n) is 3.97. The van der Waals surface area contributed by atoms with E-state index < -0.39 is 0 Å². The van der Waals surface area contributed by atoms with Crippen molar-refractivity contribution in [3.8, 4) is 5.69 Å². The smallest absolute Gasteiger partial charge is 0.267 e. The van der Waals surface area contributed by atoms with E-state index in [4.69, 9.17) is 4.98 Å². The van der Waals surface area contributed by atoms with Crippen molar-refractivity contribution in [1.82, 2.24) is 14.9 Å². The van der Waals surface area contributed by atoms with E-state index in [-0.39, 0.29) is 17.2 Å². The summed E-state index contributed by atoms with van der Waals surface area (Å²) in [4.78, 5) is 33.0. The van der Waals surface area contributed by atoms with Gasteiger partial charge in [-0.1, -0.05) is 29.5 Å². The van der Waals surface area contributed by atoms with Gasteiger partial charge in [0.25, 0.3) is 5.56 Å². The van der Waals surface area contributed by atoms with Gasteiger partial charge in [0, 0.05) is 11.4 Å². The molecule has 1 N–H and O–H groups in total. The summed E-state index contributed by atoms with van der Waals surface area (Å²) in [6, 6.07) is 7.93. The molecule has 2 aliphatic carbocycles. The standard InChI is InChI=1S/C23H25N3O2S2/c1-14-6-10-16(11-7-14)26-22(28)20-17-4-2-3-5-18(17)30-21(20)25-23(26)29-13-19(27)24-12-15-8-9-15/h6-7,10-11,15H,2-5,8-9,12-13H2,1H3,(H,24,27). The van der Waals surface area contributed by atoms with Crippen LogP contribution in [0.1, 0.15) is 41.7 Å². The number of rotatable bonds is 6. The van der Waals surface area contributed by atoms with Crippen LogP contribution in [0.2, 0.25) is 0 Å². The molecule has 7 heteroatoms. The number of aromatic nitrogens is 2. The molecule has 5 rings (SSSR count). The van der Waals surface area contributed by atoms with Crippen LogP contribution >= 0.6 is 23.1 Å². The summed E-state index contributed by atoms with van der Waals surface area (Å²) in [6.07, 6.45) is 6.71. The van der Waals surface area contributed by atoms with E-state index in [1.54, 1.807) is 15.9 Å². The van der Waals surface area contributed by atoms with Crippen LogP contribution in [-0.4, -0.2) is 27.8 Å². The van der Waals surface area contributed by atoms with Gasteiger partial charge >= 0.3 is 0 Å². The zero-order chi connectivity index (χ0) is 20.7. The summed E-state index contributed by atoms with van der Waals surface area (Å²) in [5, 5.41) is 4.37. The van der Waals surface area contributed by atoms with E-state index in [1.807, 2.05) is 31.2 Å². The highest BCUT2D eigenvalue weighted by Crippen LogP contribution is 2.35. The van der Waals surface area contributed by atoms with Crippen LogP contribution in [0, 0.1) is 12.8 Å². The molecule has 30 heavy (non-hydrogen) atoms. The quantitative estimate of drug-likeness (QED) is 0.461. The number of carbonyl (C=O) groups excluding carboxylic acids is 1. The van der Waals surface area contributed by atoms with Crippen molar-refractivity contribution in [3.05, 3.63) is 50.6 Å². The maximum Gasteiger partial charge on any atom is 0.267 e. The third kappa shape index (κ3) is 3.93. The lowest BCUT2D eigenvalue weighted by atomic mass is 9.97. The van der Waals surface area contributed by atoms with Gasteiger partial charge in [-0.05, 0) is 69.1 Å². The molecule has 156 valence electrons. The van der Waals surface area contributed by atoms with Gasteiger partial charge in [-0.3, -0.25) is 14.2 Å². The van der Waals surface area contributed by atoms with Crippen molar-refractivity contribution < 1.29 is 4.79 Å². The van der Waals surface area contributed by atoms with Crippen molar-refractivity contribution in [1.29, 1.82) is 0 Å². The molecule has 3 aromatic rings. The number of thiophene rings is 1. The first-order valence-electron chi connectivity index (χ1n) is 10.6. The summed E-state index contributed by atoms with van der Waals surface area (Å²) >= 11 is 3.00. The van der Waals surface area contributed by atoms with Crippen molar-refractivity contribution in [2.24, 2.45) is 5.92 Å². The number of hydrogen-bond donors (Lipinski definition) is 1. The van der Waals surface area contributed by atoms with Crippen LogP contribution in [0.3, 0.4) is 0 Å². The number of carbonyl (C=O) groups is 1. The Morgan fingerprint density at radius 1 is 1.23 bits per heavy atom. The minimum absolute atomic E-state index is 0.00201. The third-order valence-electron chi connectivity index (χ3n) is 5.87. The van der Waals surface area contributed by atoms with Crippen molar-refractivity contribution in [2.75, 3.05) is 12.3 Å². The second-order valence-corrected chi connectivity index (χ2v) is 10.3. The lowest BCUT2D eigenvalue weighted by Gasteiger charge is -2.14. The molecule has 2 heterocycles. The molecular weight excluding hydrogens is 414 g/mol. The molecule has 1 saturated carbocycles. The summed E-state index contributed by atoms with van der Waals surface area (Å²) < 4.78 is 1.70. The average molecular weight is 440 g/mol. The molecule has 2 aromatic heterocycles. The Bertz CT molecular complexity index is 1160. The summed E-state index contributed by atoms with van der Waals surface area (Å²) in [6.45, 7) is 2.79. The van der Waals surface area contributed by atoms with Gasteiger partial charge in [0.15, 0.2) is 5.16 Å². The third-order valence-corrected chi connectivity index (χ3v) is 7.99. The SMILES string of the molecule is Cc1ccc(-n2c(SCC(=O)NCC3CC3)nc3sc4c(c3c2=O)CCCC4)cc1. The molecule has 0 saturated heterocycles. The van der Waals surface area contributed by atoms with Crippen LogP contribution in [0.4, 0.5) is 0 Å². The van der Waals surface area contributed by atoms with E-state index in [0.29, 0.717) is 11.1 Å². The molecule has 0 unspecified atom stereocenters. The van der Waals surface area contributed by atoms with E-state index in [9.17, 15) is 9.59 Å². The van der Waals surface area contributed by atoms with Gasteiger partial charge in [-0.15, -0.1) is 11.3 Å². The van der Waals surface area contributed by atoms with Crippen LogP contribution in [0.25, 0.3) is 15.9 Å². The van der Waals surface area contributed by atoms with E-state index in [1.165, 1.54) is 41.5 Å². The number of nitrogens with zero attached hydrogens (tertiary/aromatic N) is 2. The highest BCUT2D eigenvalue weighted by atomic mass is 32.2. The van der Waals surface area contributed by atoms with Gasteiger partial charge in [0.2, 0.25) is 5.91 Å². The normalized spacial score (nSPS) is 15.9. The van der Waals surface area contributed by atoms with Crippen molar-refractivity contribution >= 4 is 39.2 Å². The highest BCUT2D eigenvalue weighted by molar-refractivity contribution is 7.99. The Labute approximate surface area is 183 Å². The molecule has 0 bridgehead atoms. The van der Waals surface area contributed by atoms with Gasteiger partial charge in [-0.2, -0.15) is 0 Å². The first kappa shape index (κ1) is 19.8. The second kappa shape index (κ2) is 8.19. The number of fused-ring (bicyclic) bond motifs is 3. The summed E-state index contributed by atoms with van der Waals surface area (Å²) in [5.74, 6) is 0.917. The molecule has 0 atom stereocenters. The Morgan fingerprint density at radius 2 is 2.00 bits per heavy atom. The summed E-state index contributed by atoms with van der Waals surface area (Å²) in [5.41, 5.74) is 3.13.